The number of amides is 2. The lowest BCUT2D eigenvalue weighted by atomic mass is 10.2. The molecule has 7 nitrogen and oxygen atoms in total. The predicted octanol–water partition coefficient (Wildman–Crippen LogP) is 0.133. The number of pyridine rings is 1. The normalized spacial score (nSPS) is 22.8. The van der Waals surface area contributed by atoms with Gasteiger partial charge in [-0.3, -0.25) is 4.98 Å². The van der Waals surface area contributed by atoms with Crippen LogP contribution >= 0.6 is 0 Å². The zero-order valence-corrected chi connectivity index (χ0v) is 9.48. The van der Waals surface area contributed by atoms with E-state index in [4.69, 9.17) is 5.11 Å². The molecule has 1 saturated heterocycles. The largest absolute Gasteiger partial charge is 0.480 e. The molecule has 1 aromatic heterocycles. The van der Waals surface area contributed by atoms with Gasteiger partial charge in [-0.15, -0.1) is 0 Å². The van der Waals surface area contributed by atoms with E-state index in [9.17, 15) is 14.7 Å². The van der Waals surface area contributed by atoms with Crippen molar-refractivity contribution in [1.29, 1.82) is 0 Å². The molecule has 0 saturated carbocycles. The van der Waals surface area contributed by atoms with Crippen LogP contribution in [-0.2, 0) is 4.79 Å². The molecule has 2 rings (SSSR count). The molecule has 0 aliphatic carbocycles. The van der Waals surface area contributed by atoms with Crippen molar-refractivity contribution in [2.45, 2.75) is 18.6 Å². The molecular formula is C11H13N3O4. The van der Waals surface area contributed by atoms with Gasteiger partial charge in [-0.1, -0.05) is 0 Å². The molecule has 0 bridgehead atoms. The van der Waals surface area contributed by atoms with Crippen LogP contribution in [0.25, 0.3) is 0 Å². The molecule has 1 aliphatic heterocycles. The summed E-state index contributed by atoms with van der Waals surface area (Å²) in [6, 6.07) is 1.76. The first-order valence-corrected chi connectivity index (χ1v) is 5.46. The second kappa shape index (κ2) is 5.01. The Kier molecular flexibility index (Phi) is 3.42. The Morgan fingerprint density at radius 1 is 1.50 bits per heavy atom. The van der Waals surface area contributed by atoms with E-state index in [-0.39, 0.29) is 13.0 Å². The molecule has 96 valence electrons. The van der Waals surface area contributed by atoms with E-state index in [2.05, 4.69) is 10.3 Å². The Hall–Kier alpha value is -2.15. The zero-order valence-electron chi connectivity index (χ0n) is 9.48. The summed E-state index contributed by atoms with van der Waals surface area (Å²) >= 11 is 0. The molecule has 1 fully saturated rings. The highest BCUT2D eigenvalue weighted by molar-refractivity contribution is 5.92. The second-order valence-electron chi connectivity index (χ2n) is 4.07. The minimum atomic E-state index is -1.12. The highest BCUT2D eigenvalue weighted by Gasteiger charge is 2.38. The second-order valence-corrected chi connectivity index (χ2v) is 4.07. The van der Waals surface area contributed by atoms with Gasteiger partial charge in [-0.05, 0) is 12.1 Å². The van der Waals surface area contributed by atoms with Crippen LogP contribution in [0.2, 0.25) is 0 Å². The maximum absolute atomic E-state index is 11.9. The Morgan fingerprint density at radius 2 is 2.28 bits per heavy atom. The maximum Gasteiger partial charge on any atom is 0.326 e. The first kappa shape index (κ1) is 12.3. The van der Waals surface area contributed by atoms with Crippen molar-refractivity contribution in [3.05, 3.63) is 24.5 Å². The molecule has 1 aliphatic rings. The number of urea groups is 1. The molecule has 2 atom stereocenters. The molecule has 3 N–H and O–H groups in total. The smallest absolute Gasteiger partial charge is 0.326 e. The van der Waals surface area contributed by atoms with Crippen LogP contribution in [0.15, 0.2) is 24.5 Å². The van der Waals surface area contributed by atoms with Crippen LogP contribution in [0.1, 0.15) is 6.42 Å². The summed E-state index contributed by atoms with van der Waals surface area (Å²) in [7, 11) is 0. The number of aromatic nitrogens is 1. The fraction of sp³-hybridized carbons (Fsp3) is 0.364. The number of likely N-dealkylation sites (tertiary alicyclic amines) is 1. The van der Waals surface area contributed by atoms with Crippen LogP contribution in [0.3, 0.4) is 0 Å². The minimum Gasteiger partial charge on any atom is -0.480 e. The van der Waals surface area contributed by atoms with E-state index in [1.165, 1.54) is 6.20 Å². The molecule has 1 aromatic rings. The van der Waals surface area contributed by atoms with Crippen LogP contribution < -0.4 is 5.32 Å². The number of anilines is 1. The zero-order chi connectivity index (χ0) is 13.1. The van der Waals surface area contributed by atoms with Gasteiger partial charge in [0.15, 0.2) is 0 Å². The molecule has 0 aromatic carbocycles. The molecular weight excluding hydrogens is 238 g/mol. The van der Waals surface area contributed by atoms with Gasteiger partial charge in [-0.2, -0.15) is 0 Å². The summed E-state index contributed by atoms with van der Waals surface area (Å²) in [5.41, 5.74) is 0.480. The summed E-state index contributed by atoms with van der Waals surface area (Å²) < 4.78 is 0. The Bertz CT molecular complexity index is 451. The number of nitrogens with zero attached hydrogens (tertiary/aromatic N) is 2. The standard InChI is InChI=1S/C11H13N3O4/c15-8-4-9(10(16)17)14(6-8)11(18)13-7-2-1-3-12-5-7/h1-3,5,8-9,15H,4,6H2,(H,13,18)(H,16,17)/t8-,9-/m0/s1. The van der Waals surface area contributed by atoms with Gasteiger partial charge in [-0.25, -0.2) is 9.59 Å². The number of hydrogen-bond acceptors (Lipinski definition) is 4. The van der Waals surface area contributed by atoms with Crippen molar-refractivity contribution in [2.75, 3.05) is 11.9 Å². The number of carboxylic acids is 1. The quantitative estimate of drug-likeness (QED) is 0.693. The number of carboxylic acid groups (broad SMARTS) is 1. The number of carbonyl (C=O) groups is 2. The van der Waals surface area contributed by atoms with Crippen LogP contribution in [0, 0.1) is 0 Å². The molecule has 7 heteroatoms. The van der Waals surface area contributed by atoms with E-state index < -0.39 is 24.1 Å². The van der Waals surface area contributed by atoms with Crippen LogP contribution in [0.4, 0.5) is 10.5 Å². The van der Waals surface area contributed by atoms with E-state index in [0.717, 1.165) is 4.90 Å². The number of β-amino-alcohol motifs (C(OH)–C–C–N with tert-alkyl or cyclic N) is 1. The first-order chi connectivity index (χ1) is 8.58. The third-order valence-corrected chi connectivity index (χ3v) is 2.74. The summed E-state index contributed by atoms with van der Waals surface area (Å²) in [4.78, 5) is 27.8. The summed E-state index contributed by atoms with van der Waals surface area (Å²) in [6.07, 6.45) is 2.27. The lowest BCUT2D eigenvalue weighted by Gasteiger charge is -2.21. The lowest BCUT2D eigenvalue weighted by molar-refractivity contribution is -0.141. The van der Waals surface area contributed by atoms with E-state index in [1.807, 2.05) is 0 Å². The van der Waals surface area contributed by atoms with Gasteiger partial charge < -0.3 is 20.4 Å². The Morgan fingerprint density at radius 3 is 2.89 bits per heavy atom. The first-order valence-electron chi connectivity index (χ1n) is 5.46. The average Bonchev–Trinajstić information content (AvgIpc) is 2.73. The van der Waals surface area contributed by atoms with Gasteiger partial charge in [0, 0.05) is 19.2 Å². The van der Waals surface area contributed by atoms with Gasteiger partial charge >= 0.3 is 12.0 Å². The number of carbonyl (C=O) groups excluding carboxylic acids is 1. The number of aliphatic carboxylic acids is 1. The third kappa shape index (κ3) is 2.57. The fourth-order valence-corrected chi connectivity index (χ4v) is 1.90. The van der Waals surface area contributed by atoms with Crippen molar-refractivity contribution in [2.24, 2.45) is 0 Å². The average molecular weight is 251 g/mol. The molecule has 0 unspecified atom stereocenters. The topological polar surface area (TPSA) is 103 Å². The molecule has 0 radical (unpaired) electrons. The number of nitrogens with one attached hydrogen (secondary N) is 1. The SMILES string of the molecule is O=C(O)[C@@H]1C[C@H](O)CN1C(=O)Nc1cccnc1. The molecule has 2 amide bonds. The third-order valence-electron chi connectivity index (χ3n) is 2.74. The molecule has 18 heavy (non-hydrogen) atoms. The van der Waals surface area contributed by atoms with Gasteiger partial charge in [0.25, 0.3) is 0 Å². The number of aliphatic hydroxyl groups excluding tert-OH is 1. The highest BCUT2D eigenvalue weighted by atomic mass is 16.4. The van der Waals surface area contributed by atoms with Crippen LogP contribution in [0.5, 0.6) is 0 Å². The number of rotatable bonds is 2. The van der Waals surface area contributed by atoms with Gasteiger partial charge in [0.05, 0.1) is 18.0 Å². The van der Waals surface area contributed by atoms with Gasteiger partial charge in [0.1, 0.15) is 6.04 Å². The molecule has 0 spiro atoms. The monoisotopic (exact) mass is 251 g/mol. The summed E-state index contributed by atoms with van der Waals surface area (Å²) in [5.74, 6) is -1.12. The summed E-state index contributed by atoms with van der Waals surface area (Å²) in [5, 5.41) is 20.9. The van der Waals surface area contributed by atoms with Crippen molar-refractivity contribution in [3.63, 3.8) is 0 Å². The van der Waals surface area contributed by atoms with Crippen LogP contribution in [-0.4, -0.2) is 50.8 Å². The predicted molar refractivity (Wildman–Crippen MR) is 62.0 cm³/mol. The van der Waals surface area contributed by atoms with E-state index in [0.29, 0.717) is 5.69 Å². The van der Waals surface area contributed by atoms with E-state index >= 15 is 0 Å². The fourth-order valence-electron chi connectivity index (χ4n) is 1.90. The van der Waals surface area contributed by atoms with E-state index in [1.54, 1.807) is 18.3 Å². The van der Waals surface area contributed by atoms with Crippen molar-refractivity contribution < 1.29 is 19.8 Å². The minimum absolute atomic E-state index is 0.0169. The Labute approximate surface area is 103 Å². The maximum atomic E-state index is 11.9. The van der Waals surface area contributed by atoms with Crippen molar-refractivity contribution in [3.8, 4) is 0 Å². The summed E-state index contributed by atoms with van der Waals surface area (Å²) in [6.45, 7) is 0.0169. The lowest BCUT2D eigenvalue weighted by Crippen LogP contribution is -2.43. The van der Waals surface area contributed by atoms with Crippen molar-refractivity contribution >= 4 is 17.7 Å². The van der Waals surface area contributed by atoms with Crippen molar-refractivity contribution in [1.82, 2.24) is 9.88 Å². The highest BCUT2D eigenvalue weighted by Crippen LogP contribution is 2.19. The molecule has 2 heterocycles. The number of hydrogen-bond donors (Lipinski definition) is 3. The van der Waals surface area contributed by atoms with Gasteiger partial charge in [0.2, 0.25) is 0 Å². The Balaban J connectivity index is 2.06. The number of aliphatic hydroxyl groups is 1.